The van der Waals surface area contributed by atoms with E-state index in [1.807, 2.05) is 20.8 Å². The third kappa shape index (κ3) is 5.93. The second-order valence-corrected chi connectivity index (χ2v) is 5.91. The van der Waals surface area contributed by atoms with E-state index in [0.717, 1.165) is 9.88 Å². The summed E-state index contributed by atoms with van der Waals surface area (Å²) in [6.07, 6.45) is 5.15. The number of aromatic nitrogens is 1. The van der Waals surface area contributed by atoms with Gasteiger partial charge < -0.3 is 10.4 Å². The molecule has 1 unspecified atom stereocenters. The van der Waals surface area contributed by atoms with Crippen LogP contribution in [-0.2, 0) is 4.79 Å². The summed E-state index contributed by atoms with van der Waals surface area (Å²) in [5.74, 6) is 0.233. The highest BCUT2D eigenvalue weighted by molar-refractivity contribution is 7.12. The van der Waals surface area contributed by atoms with E-state index in [4.69, 9.17) is 0 Å². The van der Waals surface area contributed by atoms with Crippen molar-refractivity contribution in [3.8, 4) is 0 Å². The summed E-state index contributed by atoms with van der Waals surface area (Å²) >= 11 is 1.54. The van der Waals surface area contributed by atoms with E-state index in [2.05, 4.69) is 10.3 Å². The Morgan fingerprint density at radius 3 is 2.89 bits per heavy atom. The van der Waals surface area contributed by atoms with Gasteiger partial charge in [-0.2, -0.15) is 0 Å². The number of amides is 1. The minimum Gasteiger partial charge on any atom is -0.391 e. The number of aryl methyl sites for hydroxylation is 1. The highest BCUT2D eigenvalue weighted by Crippen LogP contribution is 2.12. The molecule has 1 atom stereocenters. The van der Waals surface area contributed by atoms with Gasteiger partial charge in [0.2, 0.25) is 5.91 Å². The summed E-state index contributed by atoms with van der Waals surface area (Å²) in [4.78, 5) is 16.5. The zero-order valence-electron chi connectivity index (χ0n) is 11.0. The minimum atomic E-state index is -0.479. The molecule has 2 N–H and O–H groups in total. The highest BCUT2D eigenvalue weighted by Gasteiger charge is 2.07. The van der Waals surface area contributed by atoms with Crippen molar-refractivity contribution in [3.63, 3.8) is 0 Å². The van der Waals surface area contributed by atoms with Crippen LogP contribution in [0.1, 0.15) is 30.2 Å². The predicted molar refractivity (Wildman–Crippen MR) is 74.4 cm³/mol. The van der Waals surface area contributed by atoms with E-state index in [0.29, 0.717) is 18.9 Å². The summed E-state index contributed by atoms with van der Waals surface area (Å²) in [7, 11) is 0. The van der Waals surface area contributed by atoms with Crippen LogP contribution in [0.4, 0.5) is 0 Å². The molecule has 1 amide bonds. The van der Waals surface area contributed by atoms with Gasteiger partial charge in [-0.3, -0.25) is 4.79 Å². The number of rotatable bonds is 6. The molecule has 1 rings (SSSR count). The summed E-state index contributed by atoms with van der Waals surface area (Å²) in [6, 6.07) is 0. The summed E-state index contributed by atoms with van der Waals surface area (Å²) < 4.78 is 0. The minimum absolute atomic E-state index is 0.191. The average Bonchev–Trinajstić information content (AvgIpc) is 2.69. The number of carbonyl (C=O) groups excluding carboxylic acids is 1. The van der Waals surface area contributed by atoms with Crippen molar-refractivity contribution in [2.75, 3.05) is 6.54 Å². The van der Waals surface area contributed by atoms with Gasteiger partial charge in [0.25, 0.3) is 0 Å². The molecule has 1 aromatic rings. The molecule has 0 aliphatic heterocycles. The molecule has 0 saturated heterocycles. The van der Waals surface area contributed by atoms with Gasteiger partial charge in [0.1, 0.15) is 0 Å². The molecule has 18 heavy (non-hydrogen) atoms. The lowest BCUT2D eigenvalue weighted by atomic mass is 10.1. The molecule has 0 bridgehead atoms. The Kier molecular flexibility index (Phi) is 6.01. The number of aliphatic hydroxyl groups is 1. The van der Waals surface area contributed by atoms with Crippen molar-refractivity contribution < 1.29 is 9.90 Å². The Bertz CT molecular complexity index is 413. The number of nitrogens with one attached hydrogen (secondary N) is 1. The Morgan fingerprint density at radius 1 is 1.61 bits per heavy atom. The molecule has 0 saturated carbocycles. The lowest BCUT2D eigenvalue weighted by Crippen LogP contribution is -2.31. The molecule has 0 radical (unpaired) electrons. The Morgan fingerprint density at radius 2 is 2.33 bits per heavy atom. The lowest BCUT2D eigenvalue weighted by Gasteiger charge is -2.12. The van der Waals surface area contributed by atoms with E-state index < -0.39 is 6.10 Å². The fourth-order valence-electron chi connectivity index (χ4n) is 1.52. The van der Waals surface area contributed by atoms with Crippen molar-refractivity contribution >= 4 is 23.3 Å². The van der Waals surface area contributed by atoms with Gasteiger partial charge in [0, 0.05) is 23.7 Å². The molecule has 4 nitrogen and oxygen atoms in total. The fourth-order valence-corrected chi connectivity index (χ4v) is 2.21. The van der Waals surface area contributed by atoms with Crippen molar-refractivity contribution in [1.82, 2.24) is 10.3 Å². The van der Waals surface area contributed by atoms with Gasteiger partial charge in [-0.15, -0.1) is 11.3 Å². The maximum Gasteiger partial charge on any atom is 0.244 e. The molecule has 0 spiro atoms. The van der Waals surface area contributed by atoms with Gasteiger partial charge in [-0.1, -0.05) is 13.8 Å². The fraction of sp³-hybridized carbons (Fsp3) is 0.538. The van der Waals surface area contributed by atoms with Crippen LogP contribution in [0.2, 0.25) is 0 Å². The maximum absolute atomic E-state index is 11.5. The van der Waals surface area contributed by atoms with Crippen LogP contribution in [-0.4, -0.2) is 28.6 Å². The summed E-state index contributed by atoms with van der Waals surface area (Å²) in [5, 5.41) is 13.3. The van der Waals surface area contributed by atoms with Crippen LogP contribution < -0.4 is 5.32 Å². The third-order valence-electron chi connectivity index (χ3n) is 2.29. The van der Waals surface area contributed by atoms with E-state index in [9.17, 15) is 9.90 Å². The largest absolute Gasteiger partial charge is 0.391 e. The number of thiazole rings is 1. The molecular formula is C13H20N2O2S. The SMILES string of the molecule is Cc1ncc(/C=C/C(=O)NCC(O)CC(C)C)s1. The second-order valence-electron chi connectivity index (χ2n) is 4.64. The van der Waals surface area contributed by atoms with Gasteiger partial charge in [-0.25, -0.2) is 4.98 Å². The lowest BCUT2D eigenvalue weighted by molar-refractivity contribution is -0.116. The monoisotopic (exact) mass is 268 g/mol. The zero-order chi connectivity index (χ0) is 13.5. The molecule has 1 aromatic heterocycles. The quantitative estimate of drug-likeness (QED) is 0.776. The van der Waals surface area contributed by atoms with Crippen molar-refractivity contribution in [2.24, 2.45) is 5.92 Å². The first-order chi connectivity index (χ1) is 8.47. The van der Waals surface area contributed by atoms with Crippen LogP contribution in [0.5, 0.6) is 0 Å². The molecule has 0 aromatic carbocycles. The molecule has 0 aliphatic rings. The Hall–Kier alpha value is -1.20. The smallest absolute Gasteiger partial charge is 0.244 e. The van der Waals surface area contributed by atoms with Crippen LogP contribution >= 0.6 is 11.3 Å². The standard InChI is InChI=1S/C13H20N2O2S/c1-9(2)6-11(16)7-15-13(17)5-4-12-8-14-10(3)18-12/h4-5,8-9,11,16H,6-7H2,1-3H3,(H,15,17)/b5-4+. The van der Waals surface area contributed by atoms with Gasteiger partial charge in [0.05, 0.1) is 11.1 Å². The Labute approximate surface area is 112 Å². The van der Waals surface area contributed by atoms with Crippen LogP contribution in [0.15, 0.2) is 12.3 Å². The zero-order valence-corrected chi connectivity index (χ0v) is 11.8. The number of hydrogen-bond acceptors (Lipinski definition) is 4. The van der Waals surface area contributed by atoms with E-state index in [1.54, 1.807) is 12.3 Å². The summed E-state index contributed by atoms with van der Waals surface area (Å²) in [5.41, 5.74) is 0. The predicted octanol–water partition coefficient (Wildman–Crippen LogP) is 1.99. The van der Waals surface area contributed by atoms with Crippen LogP contribution in [0.25, 0.3) is 6.08 Å². The topological polar surface area (TPSA) is 62.2 Å². The van der Waals surface area contributed by atoms with Crippen molar-refractivity contribution in [3.05, 3.63) is 22.2 Å². The molecule has 0 fully saturated rings. The van der Waals surface area contributed by atoms with Crippen molar-refractivity contribution in [2.45, 2.75) is 33.3 Å². The van der Waals surface area contributed by atoms with Gasteiger partial charge in [0.15, 0.2) is 0 Å². The van der Waals surface area contributed by atoms with Crippen LogP contribution in [0, 0.1) is 12.8 Å². The first kappa shape index (κ1) is 14.9. The average molecular weight is 268 g/mol. The maximum atomic E-state index is 11.5. The van der Waals surface area contributed by atoms with E-state index >= 15 is 0 Å². The first-order valence-electron chi connectivity index (χ1n) is 6.03. The number of nitrogens with zero attached hydrogens (tertiary/aromatic N) is 1. The third-order valence-corrected chi connectivity index (χ3v) is 3.17. The summed E-state index contributed by atoms with van der Waals surface area (Å²) in [6.45, 7) is 6.29. The van der Waals surface area contributed by atoms with Crippen molar-refractivity contribution in [1.29, 1.82) is 0 Å². The van der Waals surface area contributed by atoms with E-state index in [-0.39, 0.29) is 5.91 Å². The Balaban J connectivity index is 2.31. The molecule has 5 heteroatoms. The van der Waals surface area contributed by atoms with Gasteiger partial charge >= 0.3 is 0 Å². The molecule has 0 aliphatic carbocycles. The van der Waals surface area contributed by atoms with Gasteiger partial charge in [-0.05, 0) is 25.3 Å². The second kappa shape index (κ2) is 7.28. The number of aliphatic hydroxyl groups excluding tert-OH is 1. The molecular weight excluding hydrogens is 248 g/mol. The first-order valence-corrected chi connectivity index (χ1v) is 6.85. The molecule has 100 valence electrons. The number of carbonyl (C=O) groups is 1. The normalized spacial score (nSPS) is 13.2. The molecule has 1 heterocycles. The van der Waals surface area contributed by atoms with Crippen LogP contribution in [0.3, 0.4) is 0 Å². The number of hydrogen-bond donors (Lipinski definition) is 2. The van der Waals surface area contributed by atoms with E-state index in [1.165, 1.54) is 17.4 Å². The highest BCUT2D eigenvalue weighted by atomic mass is 32.1.